The Morgan fingerprint density at radius 1 is 1.24 bits per heavy atom. The van der Waals surface area contributed by atoms with Crippen molar-refractivity contribution in [2.75, 3.05) is 0 Å². The Hall–Kier alpha value is -1.26. The third kappa shape index (κ3) is 4.90. The zero-order valence-electron chi connectivity index (χ0n) is 11.4. The second kappa shape index (κ2) is 7.14. The van der Waals surface area contributed by atoms with E-state index >= 15 is 0 Å². The molecule has 0 saturated heterocycles. The Kier molecular flexibility index (Phi) is 5.48. The van der Waals surface area contributed by atoms with Crippen LogP contribution in [0.5, 0.6) is 0 Å². The molecule has 114 valence electrons. The summed E-state index contributed by atoms with van der Waals surface area (Å²) in [6.07, 6.45) is 3.82. The lowest BCUT2D eigenvalue weighted by Gasteiger charge is -2.25. The van der Waals surface area contributed by atoms with Crippen LogP contribution in [-0.2, 0) is 16.0 Å². The van der Waals surface area contributed by atoms with Crippen molar-refractivity contribution in [3.05, 3.63) is 33.8 Å². The highest BCUT2D eigenvalue weighted by atomic mass is 35.5. The maximum Gasteiger partial charge on any atom is 0.326 e. The van der Waals surface area contributed by atoms with Crippen LogP contribution < -0.4 is 5.32 Å². The molecule has 21 heavy (non-hydrogen) atoms. The van der Waals surface area contributed by atoms with E-state index in [0.717, 1.165) is 19.3 Å². The molecule has 6 heteroatoms. The molecule has 1 aromatic rings. The normalized spacial score (nSPS) is 16.1. The summed E-state index contributed by atoms with van der Waals surface area (Å²) in [5, 5.41) is 12.7. The van der Waals surface area contributed by atoms with E-state index < -0.39 is 12.0 Å². The second-order valence-corrected chi connectivity index (χ2v) is 6.31. The Morgan fingerprint density at radius 3 is 2.33 bits per heavy atom. The molecule has 0 spiro atoms. The number of carbonyl (C=O) groups excluding carboxylic acids is 1. The second-order valence-electron chi connectivity index (χ2n) is 5.44. The lowest BCUT2D eigenvalue weighted by atomic mass is 9.83. The molecule has 0 bridgehead atoms. The zero-order valence-corrected chi connectivity index (χ0v) is 13.0. The number of nitrogens with one attached hydrogen (secondary N) is 1. The number of hydrogen-bond donors (Lipinski definition) is 2. The van der Waals surface area contributed by atoms with Crippen LogP contribution in [0, 0.1) is 5.92 Å². The van der Waals surface area contributed by atoms with Crippen LogP contribution in [0.2, 0.25) is 10.0 Å². The van der Waals surface area contributed by atoms with Crippen molar-refractivity contribution in [2.24, 2.45) is 5.92 Å². The maximum atomic E-state index is 11.9. The average molecular weight is 330 g/mol. The monoisotopic (exact) mass is 329 g/mol. The Morgan fingerprint density at radius 2 is 1.86 bits per heavy atom. The van der Waals surface area contributed by atoms with E-state index in [1.807, 2.05) is 0 Å². The van der Waals surface area contributed by atoms with Gasteiger partial charge in [-0.25, -0.2) is 4.79 Å². The average Bonchev–Trinajstić information content (AvgIpc) is 2.31. The molecule has 1 aliphatic carbocycles. The Balaban J connectivity index is 1.97. The van der Waals surface area contributed by atoms with Crippen molar-refractivity contribution in [3.63, 3.8) is 0 Å². The van der Waals surface area contributed by atoms with E-state index in [4.69, 9.17) is 23.2 Å². The van der Waals surface area contributed by atoms with Crippen molar-refractivity contribution < 1.29 is 14.7 Å². The summed E-state index contributed by atoms with van der Waals surface area (Å²) in [4.78, 5) is 23.2. The smallest absolute Gasteiger partial charge is 0.326 e. The number of hydrogen-bond acceptors (Lipinski definition) is 2. The van der Waals surface area contributed by atoms with Crippen LogP contribution in [0.25, 0.3) is 0 Å². The third-order valence-electron chi connectivity index (χ3n) is 3.69. The van der Waals surface area contributed by atoms with Gasteiger partial charge < -0.3 is 10.4 Å². The van der Waals surface area contributed by atoms with Gasteiger partial charge in [0.25, 0.3) is 0 Å². The van der Waals surface area contributed by atoms with Crippen LogP contribution >= 0.6 is 23.2 Å². The van der Waals surface area contributed by atoms with Crippen molar-refractivity contribution >= 4 is 35.1 Å². The Bertz CT molecular complexity index is 523. The van der Waals surface area contributed by atoms with E-state index in [0.29, 0.717) is 27.9 Å². The van der Waals surface area contributed by atoms with E-state index in [9.17, 15) is 14.7 Å². The van der Waals surface area contributed by atoms with Gasteiger partial charge >= 0.3 is 5.97 Å². The predicted octanol–water partition coefficient (Wildman–Crippen LogP) is 3.30. The molecule has 0 aliphatic heterocycles. The fourth-order valence-corrected chi connectivity index (χ4v) is 2.95. The molecule has 1 amide bonds. The van der Waals surface area contributed by atoms with Crippen LogP contribution in [0.3, 0.4) is 0 Å². The van der Waals surface area contributed by atoms with Gasteiger partial charge in [-0.1, -0.05) is 29.6 Å². The van der Waals surface area contributed by atoms with Crippen LogP contribution in [0.4, 0.5) is 0 Å². The van der Waals surface area contributed by atoms with E-state index in [-0.39, 0.29) is 12.3 Å². The molecule has 1 atom stereocenters. The summed E-state index contributed by atoms with van der Waals surface area (Å²) < 4.78 is 0. The number of halogens is 2. The van der Waals surface area contributed by atoms with Crippen LogP contribution in [0.1, 0.15) is 31.2 Å². The molecule has 1 saturated carbocycles. The number of carboxylic acid groups (broad SMARTS) is 1. The zero-order chi connectivity index (χ0) is 15.4. The molecular weight excluding hydrogens is 313 g/mol. The van der Waals surface area contributed by atoms with E-state index in [2.05, 4.69) is 5.32 Å². The lowest BCUT2D eigenvalue weighted by molar-refractivity contribution is -0.142. The van der Waals surface area contributed by atoms with Gasteiger partial charge in [0.15, 0.2) is 0 Å². The van der Waals surface area contributed by atoms with Gasteiger partial charge in [0.05, 0.1) is 0 Å². The third-order valence-corrected chi connectivity index (χ3v) is 4.13. The van der Waals surface area contributed by atoms with Gasteiger partial charge in [-0.3, -0.25) is 4.79 Å². The highest BCUT2D eigenvalue weighted by Gasteiger charge is 2.25. The number of rotatable bonds is 6. The number of benzene rings is 1. The van der Waals surface area contributed by atoms with E-state index in [1.165, 1.54) is 0 Å². The largest absolute Gasteiger partial charge is 0.480 e. The van der Waals surface area contributed by atoms with Gasteiger partial charge in [-0.05, 0) is 42.5 Å². The van der Waals surface area contributed by atoms with Gasteiger partial charge in [-0.15, -0.1) is 0 Å². The van der Waals surface area contributed by atoms with Gasteiger partial charge in [-0.2, -0.15) is 0 Å². The molecule has 0 aromatic heterocycles. The summed E-state index contributed by atoms with van der Waals surface area (Å²) in [5.74, 6) is -0.867. The molecule has 1 aromatic carbocycles. The molecular formula is C15H17Cl2NO3. The quantitative estimate of drug-likeness (QED) is 0.841. The molecule has 2 N–H and O–H groups in total. The van der Waals surface area contributed by atoms with Gasteiger partial charge in [0.2, 0.25) is 5.91 Å². The molecule has 2 rings (SSSR count). The molecule has 0 radical (unpaired) electrons. The summed E-state index contributed by atoms with van der Waals surface area (Å²) in [6, 6.07) is 3.92. The first-order chi connectivity index (χ1) is 9.94. The molecule has 1 unspecified atom stereocenters. The summed E-state index contributed by atoms with van der Waals surface area (Å²) in [6.45, 7) is 0. The predicted molar refractivity (Wildman–Crippen MR) is 81.7 cm³/mol. The Labute approximate surface area is 133 Å². The SMILES string of the molecule is O=C(CC1CCC1)NC(Cc1cc(Cl)cc(Cl)c1)C(=O)O. The lowest BCUT2D eigenvalue weighted by Crippen LogP contribution is -2.43. The van der Waals surface area contributed by atoms with Gasteiger partial charge in [0, 0.05) is 22.9 Å². The minimum atomic E-state index is -1.06. The van der Waals surface area contributed by atoms with Crippen molar-refractivity contribution in [2.45, 2.75) is 38.1 Å². The first kappa shape index (κ1) is 16.1. The summed E-state index contributed by atoms with van der Waals surface area (Å²) >= 11 is 11.8. The standard InChI is InChI=1S/C15H17Cl2NO3/c16-11-4-10(5-12(17)8-11)6-13(15(20)21)18-14(19)7-9-2-1-3-9/h4-5,8-9,13H,1-3,6-7H2,(H,18,19)(H,20,21). The minimum absolute atomic E-state index is 0.159. The van der Waals surface area contributed by atoms with Gasteiger partial charge in [0.1, 0.15) is 6.04 Å². The topological polar surface area (TPSA) is 66.4 Å². The maximum absolute atomic E-state index is 11.9. The molecule has 0 heterocycles. The van der Waals surface area contributed by atoms with Crippen molar-refractivity contribution in [1.82, 2.24) is 5.32 Å². The summed E-state index contributed by atoms with van der Waals surface area (Å²) in [7, 11) is 0. The number of aliphatic carboxylic acids is 1. The van der Waals surface area contributed by atoms with E-state index in [1.54, 1.807) is 18.2 Å². The van der Waals surface area contributed by atoms with Crippen molar-refractivity contribution in [3.8, 4) is 0 Å². The minimum Gasteiger partial charge on any atom is -0.480 e. The number of carboxylic acids is 1. The highest BCUT2D eigenvalue weighted by molar-refractivity contribution is 6.34. The molecule has 4 nitrogen and oxygen atoms in total. The molecule has 1 aliphatic rings. The fraction of sp³-hybridized carbons (Fsp3) is 0.467. The number of carbonyl (C=O) groups is 2. The van der Waals surface area contributed by atoms with Crippen LogP contribution in [0.15, 0.2) is 18.2 Å². The fourth-order valence-electron chi connectivity index (χ4n) is 2.38. The van der Waals surface area contributed by atoms with Crippen LogP contribution in [-0.4, -0.2) is 23.0 Å². The van der Waals surface area contributed by atoms with Crippen molar-refractivity contribution in [1.29, 1.82) is 0 Å². The number of amides is 1. The first-order valence-electron chi connectivity index (χ1n) is 6.91. The highest BCUT2D eigenvalue weighted by Crippen LogP contribution is 2.29. The summed E-state index contributed by atoms with van der Waals surface area (Å²) in [5.41, 5.74) is 0.684. The molecule has 1 fully saturated rings. The first-order valence-corrected chi connectivity index (χ1v) is 7.67.